The number of halogens is 3. The van der Waals surface area contributed by atoms with Crippen LogP contribution in [-0.2, 0) is 0 Å². The molecule has 1 atom stereocenters. The normalized spacial score (nSPS) is 12.6. The van der Waals surface area contributed by atoms with E-state index in [2.05, 4.69) is 0 Å². The second-order valence-electron chi connectivity index (χ2n) is 4.60. The first kappa shape index (κ1) is 13.4. The largest absolute Gasteiger partial charge is 0.207 e. The fourth-order valence-corrected chi connectivity index (χ4v) is 2.87. The van der Waals surface area contributed by atoms with E-state index in [9.17, 15) is 4.39 Å². The van der Waals surface area contributed by atoms with E-state index >= 15 is 0 Å². The summed E-state index contributed by atoms with van der Waals surface area (Å²) >= 11 is 12.3. The quantitative estimate of drug-likeness (QED) is 0.512. The third-order valence-corrected chi connectivity index (χ3v) is 4.04. The van der Waals surface area contributed by atoms with Gasteiger partial charge in [-0.15, -0.1) is 11.6 Å². The van der Waals surface area contributed by atoms with Crippen molar-refractivity contribution in [1.82, 2.24) is 0 Å². The number of hydrogen-bond donors (Lipinski definition) is 0. The molecule has 0 saturated heterocycles. The van der Waals surface area contributed by atoms with Gasteiger partial charge in [-0.3, -0.25) is 0 Å². The van der Waals surface area contributed by atoms with Crippen LogP contribution in [0.2, 0.25) is 5.02 Å². The second-order valence-corrected chi connectivity index (χ2v) is 5.47. The predicted octanol–water partition coefficient (Wildman–Crippen LogP) is 5.96. The van der Waals surface area contributed by atoms with Gasteiger partial charge in [0.05, 0.1) is 5.38 Å². The Labute approximate surface area is 126 Å². The molecule has 3 heteroatoms. The maximum atomic E-state index is 14.0. The van der Waals surface area contributed by atoms with Crippen LogP contribution in [0.15, 0.2) is 60.7 Å². The first-order chi connectivity index (χ1) is 9.66. The van der Waals surface area contributed by atoms with Gasteiger partial charge in [-0.2, -0.15) is 0 Å². The Morgan fingerprint density at radius 3 is 2.40 bits per heavy atom. The van der Waals surface area contributed by atoms with Crippen molar-refractivity contribution >= 4 is 34.0 Å². The lowest BCUT2D eigenvalue weighted by Crippen LogP contribution is -1.98. The third kappa shape index (κ3) is 2.39. The highest BCUT2D eigenvalue weighted by Gasteiger charge is 2.17. The van der Waals surface area contributed by atoms with Crippen molar-refractivity contribution in [3.8, 4) is 0 Å². The van der Waals surface area contributed by atoms with Crippen LogP contribution in [0, 0.1) is 5.82 Å². The van der Waals surface area contributed by atoms with Crippen molar-refractivity contribution in [3.63, 3.8) is 0 Å². The average molecular weight is 305 g/mol. The van der Waals surface area contributed by atoms with Crippen molar-refractivity contribution < 1.29 is 4.39 Å². The molecule has 3 rings (SSSR count). The molecular formula is C17H11Cl2F. The summed E-state index contributed by atoms with van der Waals surface area (Å²) in [5.41, 5.74) is 1.33. The Bertz CT molecular complexity index is 763. The summed E-state index contributed by atoms with van der Waals surface area (Å²) in [4.78, 5) is 0. The molecule has 0 aliphatic rings. The third-order valence-electron chi connectivity index (χ3n) is 3.33. The standard InChI is InChI=1S/C17H11Cl2F/c18-12-8-9-15(16(20)10-12)17(19)14-7-3-5-11-4-1-2-6-13(11)14/h1-10,17H. The monoisotopic (exact) mass is 304 g/mol. The summed E-state index contributed by atoms with van der Waals surface area (Å²) in [6.07, 6.45) is 0. The summed E-state index contributed by atoms with van der Waals surface area (Å²) in [5, 5.41) is 1.95. The summed E-state index contributed by atoms with van der Waals surface area (Å²) < 4.78 is 14.0. The Balaban J connectivity index is 2.15. The zero-order chi connectivity index (χ0) is 14.1. The van der Waals surface area contributed by atoms with Gasteiger partial charge in [0.2, 0.25) is 0 Å². The van der Waals surface area contributed by atoms with Crippen molar-refractivity contribution in [2.24, 2.45) is 0 Å². The number of alkyl halides is 1. The molecule has 20 heavy (non-hydrogen) atoms. The molecule has 3 aromatic rings. The zero-order valence-corrected chi connectivity index (χ0v) is 12.0. The van der Waals surface area contributed by atoms with E-state index in [-0.39, 0.29) is 5.82 Å². The van der Waals surface area contributed by atoms with Gasteiger partial charge in [0.15, 0.2) is 0 Å². The van der Waals surface area contributed by atoms with Gasteiger partial charge in [-0.05, 0) is 28.5 Å². The van der Waals surface area contributed by atoms with E-state index in [1.807, 2.05) is 42.5 Å². The molecule has 0 heterocycles. The highest BCUT2D eigenvalue weighted by Crippen LogP contribution is 2.35. The number of hydrogen-bond acceptors (Lipinski definition) is 0. The van der Waals surface area contributed by atoms with Crippen LogP contribution in [0.3, 0.4) is 0 Å². The maximum absolute atomic E-state index is 14.0. The van der Waals surface area contributed by atoms with E-state index in [0.29, 0.717) is 10.6 Å². The van der Waals surface area contributed by atoms with Gasteiger partial charge >= 0.3 is 0 Å². The van der Waals surface area contributed by atoms with Gasteiger partial charge in [-0.25, -0.2) is 4.39 Å². The molecule has 100 valence electrons. The van der Waals surface area contributed by atoms with Crippen LogP contribution in [0.5, 0.6) is 0 Å². The van der Waals surface area contributed by atoms with E-state index in [4.69, 9.17) is 23.2 Å². The first-order valence-corrected chi connectivity index (χ1v) is 7.05. The minimum Gasteiger partial charge on any atom is -0.207 e. The van der Waals surface area contributed by atoms with Crippen molar-refractivity contribution in [3.05, 3.63) is 82.6 Å². The van der Waals surface area contributed by atoms with Crippen molar-refractivity contribution in [2.45, 2.75) is 5.38 Å². The van der Waals surface area contributed by atoms with E-state index in [1.54, 1.807) is 12.1 Å². The van der Waals surface area contributed by atoms with Gasteiger partial charge < -0.3 is 0 Å². The molecular weight excluding hydrogens is 294 g/mol. The van der Waals surface area contributed by atoms with Gasteiger partial charge in [-0.1, -0.05) is 60.1 Å². The lowest BCUT2D eigenvalue weighted by molar-refractivity contribution is 0.612. The molecule has 0 aromatic heterocycles. The molecule has 0 spiro atoms. The first-order valence-electron chi connectivity index (χ1n) is 6.23. The highest BCUT2D eigenvalue weighted by molar-refractivity contribution is 6.30. The lowest BCUT2D eigenvalue weighted by atomic mass is 9.98. The second kappa shape index (κ2) is 5.43. The maximum Gasteiger partial charge on any atom is 0.129 e. The molecule has 3 aromatic carbocycles. The van der Waals surface area contributed by atoms with E-state index < -0.39 is 5.38 Å². The van der Waals surface area contributed by atoms with Crippen LogP contribution in [0.4, 0.5) is 4.39 Å². The molecule has 0 bridgehead atoms. The molecule has 0 amide bonds. The fraction of sp³-hybridized carbons (Fsp3) is 0.0588. The summed E-state index contributed by atoms with van der Waals surface area (Å²) in [6, 6.07) is 18.4. The number of rotatable bonds is 2. The summed E-state index contributed by atoms with van der Waals surface area (Å²) in [5.74, 6) is -0.384. The lowest BCUT2D eigenvalue weighted by Gasteiger charge is -2.14. The van der Waals surface area contributed by atoms with Gasteiger partial charge in [0.1, 0.15) is 5.82 Å². The summed E-state index contributed by atoms with van der Waals surface area (Å²) in [7, 11) is 0. The van der Waals surface area contributed by atoms with Crippen molar-refractivity contribution in [2.75, 3.05) is 0 Å². The Kier molecular flexibility index (Phi) is 3.64. The van der Waals surface area contributed by atoms with E-state index in [0.717, 1.165) is 16.3 Å². The molecule has 0 N–H and O–H groups in total. The molecule has 0 radical (unpaired) electrons. The minimum atomic E-state index is -0.543. The van der Waals surface area contributed by atoms with Gasteiger partial charge in [0.25, 0.3) is 0 Å². The number of fused-ring (bicyclic) bond motifs is 1. The van der Waals surface area contributed by atoms with Crippen LogP contribution in [-0.4, -0.2) is 0 Å². The smallest absolute Gasteiger partial charge is 0.129 e. The number of benzene rings is 3. The van der Waals surface area contributed by atoms with Gasteiger partial charge in [0, 0.05) is 10.6 Å². The fourth-order valence-electron chi connectivity index (χ4n) is 2.35. The topological polar surface area (TPSA) is 0 Å². The summed E-state index contributed by atoms with van der Waals surface area (Å²) in [6.45, 7) is 0. The Hall–Kier alpha value is -1.57. The highest BCUT2D eigenvalue weighted by atomic mass is 35.5. The molecule has 1 unspecified atom stereocenters. The SMILES string of the molecule is Fc1cc(Cl)ccc1C(Cl)c1cccc2ccccc12. The van der Waals surface area contributed by atoms with Crippen LogP contribution in [0.25, 0.3) is 10.8 Å². The van der Waals surface area contributed by atoms with Crippen LogP contribution >= 0.6 is 23.2 Å². The minimum absolute atomic E-state index is 0.369. The molecule has 0 fully saturated rings. The van der Waals surface area contributed by atoms with E-state index in [1.165, 1.54) is 6.07 Å². The zero-order valence-electron chi connectivity index (χ0n) is 10.5. The van der Waals surface area contributed by atoms with Crippen LogP contribution in [0.1, 0.15) is 16.5 Å². The Morgan fingerprint density at radius 1 is 0.850 bits per heavy atom. The average Bonchev–Trinajstić information content (AvgIpc) is 2.46. The Morgan fingerprint density at radius 2 is 1.60 bits per heavy atom. The van der Waals surface area contributed by atoms with Crippen LogP contribution < -0.4 is 0 Å². The predicted molar refractivity (Wildman–Crippen MR) is 83.1 cm³/mol. The van der Waals surface area contributed by atoms with Crippen molar-refractivity contribution in [1.29, 1.82) is 0 Å². The molecule has 0 aliphatic carbocycles. The molecule has 0 nitrogen and oxygen atoms in total. The molecule has 0 saturated carbocycles. The molecule has 0 aliphatic heterocycles.